The third kappa shape index (κ3) is 4.37. The van der Waals surface area contributed by atoms with E-state index in [1.807, 2.05) is 7.05 Å². The van der Waals surface area contributed by atoms with Crippen LogP contribution in [0.5, 0.6) is 0 Å². The molecule has 3 rings (SSSR count). The molecule has 0 saturated heterocycles. The zero-order chi connectivity index (χ0) is 20.3. The number of amides is 1. The average Bonchev–Trinajstić information content (AvgIpc) is 3.29. The minimum atomic E-state index is -3.89. The molecule has 0 bridgehead atoms. The molecule has 10 nitrogen and oxygen atoms in total. The summed E-state index contributed by atoms with van der Waals surface area (Å²) < 4.78 is 26.9. The molecule has 0 saturated carbocycles. The Bertz CT molecular complexity index is 1120. The van der Waals surface area contributed by atoms with E-state index in [2.05, 4.69) is 15.3 Å². The zero-order valence-electron chi connectivity index (χ0n) is 14.3. The van der Waals surface area contributed by atoms with Crippen molar-refractivity contribution in [3.8, 4) is 0 Å². The quantitative estimate of drug-likeness (QED) is 0.336. The molecule has 0 aliphatic heterocycles. The van der Waals surface area contributed by atoms with Crippen LogP contribution in [0.4, 0.5) is 10.8 Å². The number of carbonyl (C=O) groups excluding carboxylic acids is 1. The molecule has 28 heavy (non-hydrogen) atoms. The number of nitro groups is 1. The van der Waals surface area contributed by atoms with Gasteiger partial charge < -0.3 is 9.88 Å². The normalized spacial score (nSPS) is 11.3. The van der Waals surface area contributed by atoms with Gasteiger partial charge in [-0.15, -0.1) is 0 Å². The van der Waals surface area contributed by atoms with Crippen LogP contribution in [0.25, 0.3) is 0 Å². The molecule has 0 radical (unpaired) electrons. The predicted octanol–water partition coefficient (Wildman–Crippen LogP) is 2.35. The molecule has 2 heterocycles. The molecule has 0 atom stereocenters. The Morgan fingerprint density at radius 2 is 2.04 bits per heavy atom. The van der Waals surface area contributed by atoms with E-state index in [0.717, 1.165) is 41.8 Å². The number of thiazole rings is 1. The third-order valence-electron chi connectivity index (χ3n) is 3.46. The van der Waals surface area contributed by atoms with E-state index in [0.29, 0.717) is 5.16 Å². The highest BCUT2D eigenvalue weighted by Crippen LogP contribution is 2.29. The van der Waals surface area contributed by atoms with Gasteiger partial charge in [-0.05, 0) is 12.1 Å². The number of aryl methyl sites for hydroxylation is 1. The van der Waals surface area contributed by atoms with E-state index in [1.54, 1.807) is 17.0 Å². The second-order valence-electron chi connectivity index (χ2n) is 5.40. The Labute approximate surface area is 167 Å². The highest BCUT2D eigenvalue weighted by atomic mass is 32.2. The van der Waals surface area contributed by atoms with Gasteiger partial charge in [-0.1, -0.05) is 23.1 Å². The second kappa shape index (κ2) is 8.08. The summed E-state index contributed by atoms with van der Waals surface area (Å²) in [6.45, 7) is 0. The van der Waals surface area contributed by atoms with Crippen LogP contribution < -0.4 is 5.32 Å². The fourth-order valence-corrected chi connectivity index (χ4v) is 5.26. The first kappa shape index (κ1) is 20.0. The molecule has 0 aliphatic carbocycles. The van der Waals surface area contributed by atoms with Crippen LogP contribution in [0.3, 0.4) is 0 Å². The Kier molecular flexibility index (Phi) is 5.76. The van der Waals surface area contributed by atoms with E-state index < -0.39 is 14.8 Å². The first-order valence-electron chi connectivity index (χ1n) is 7.63. The van der Waals surface area contributed by atoms with Crippen molar-refractivity contribution < 1.29 is 18.1 Å². The predicted molar refractivity (Wildman–Crippen MR) is 103 cm³/mol. The van der Waals surface area contributed by atoms with E-state index in [4.69, 9.17) is 0 Å². The van der Waals surface area contributed by atoms with Gasteiger partial charge in [-0.2, -0.15) is 0 Å². The van der Waals surface area contributed by atoms with Crippen molar-refractivity contribution >= 4 is 49.7 Å². The number of benzene rings is 1. The van der Waals surface area contributed by atoms with Gasteiger partial charge in [-0.3, -0.25) is 14.9 Å². The summed E-state index contributed by atoms with van der Waals surface area (Å²) in [5, 5.41) is 14.1. The van der Waals surface area contributed by atoms with Crippen LogP contribution in [0.1, 0.15) is 0 Å². The summed E-state index contributed by atoms with van der Waals surface area (Å²) in [5.74, 6) is -0.254. The van der Waals surface area contributed by atoms with Crippen molar-refractivity contribution in [3.63, 3.8) is 0 Å². The number of sulfone groups is 1. The lowest BCUT2D eigenvalue weighted by Gasteiger charge is -2.02. The Morgan fingerprint density at radius 1 is 1.32 bits per heavy atom. The summed E-state index contributed by atoms with van der Waals surface area (Å²) in [4.78, 5) is 30.0. The molecular formula is C15H13N5O5S3. The number of thioether (sulfide) groups is 1. The van der Waals surface area contributed by atoms with Gasteiger partial charge in [0.25, 0.3) is 5.69 Å². The molecule has 0 spiro atoms. The molecule has 0 unspecified atom stereocenters. The topological polar surface area (TPSA) is 137 Å². The van der Waals surface area contributed by atoms with Crippen LogP contribution in [0.15, 0.2) is 57.1 Å². The van der Waals surface area contributed by atoms with Crippen LogP contribution in [-0.2, 0) is 21.7 Å². The molecule has 0 fully saturated rings. The van der Waals surface area contributed by atoms with Crippen molar-refractivity contribution in [2.45, 2.75) is 14.3 Å². The monoisotopic (exact) mass is 439 g/mol. The van der Waals surface area contributed by atoms with Gasteiger partial charge in [0, 0.05) is 31.6 Å². The number of hydrogen-bond donors (Lipinski definition) is 1. The smallest absolute Gasteiger partial charge is 0.269 e. The first-order valence-corrected chi connectivity index (χ1v) is 10.9. The van der Waals surface area contributed by atoms with Gasteiger partial charge in [0.1, 0.15) is 4.21 Å². The number of nitrogens with zero attached hydrogens (tertiary/aromatic N) is 4. The Morgan fingerprint density at radius 3 is 2.64 bits per heavy atom. The summed E-state index contributed by atoms with van der Waals surface area (Å²) in [6, 6.07) is 4.56. The average molecular weight is 440 g/mol. The van der Waals surface area contributed by atoms with Gasteiger partial charge in [0.05, 0.1) is 21.8 Å². The van der Waals surface area contributed by atoms with Crippen LogP contribution in [0, 0.1) is 10.1 Å². The SMILES string of the molecule is Cn1ccnc1SCC(=O)Nc1ncc(S(=O)(=O)c2ccc([N+](=O)[O-])cc2)s1. The number of carbonyl (C=O) groups is 1. The largest absolute Gasteiger partial charge is 0.329 e. The maximum atomic E-state index is 12.6. The highest BCUT2D eigenvalue weighted by Gasteiger charge is 2.22. The molecule has 1 N–H and O–H groups in total. The van der Waals surface area contributed by atoms with Gasteiger partial charge in [0.2, 0.25) is 15.7 Å². The maximum absolute atomic E-state index is 12.6. The molecule has 2 aromatic heterocycles. The van der Waals surface area contributed by atoms with Crippen molar-refractivity contribution in [1.29, 1.82) is 0 Å². The van der Waals surface area contributed by atoms with Crippen molar-refractivity contribution in [1.82, 2.24) is 14.5 Å². The lowest BCUT2D eigenvalue weighted by molar-refractivity contribution is -0.384. The summed E-state index contributed by atoms with van der Waals surface area (Å²) in [6.07, 6.45) is 4.52. The van der Waals surface area contributed by atoms with Crippen molar-refractivity contribution in [2.75, 3.05) is 11.1 Å². The standard InChI is InChI=1S/C15H13N5O5S3/c1-19-7-6-16-15(19)26-9-12(21)18-14-17-8-13(27-14)28(24,25)11-4-2-10(3-5-11)20(22)23/h2-8H,9H2,1H3,(H,17,18,21). The molecular weight excluding hydrogens is 426 g/mol. The lowest BCUT2D eigenvalue weighted by atomic mass is 10.3. The number of nitro benzene ring substituents is 1. The lowest BCUT2D eigenvalue weighted by Crippen LogP contribution is -2.14. The van der Waals surface area contributed by atoms with Gasteiger partial charge in [-0.25, -0.2) is 18.4 Å². The second-order valence-corrected chi connectivity index (χ2v) is 9.55. The molecule has 0 aliphatic rings. The van der Waals surface area contributed by atoms with Crippen LogP contribution in [0.2, 0.25) is 0 Å². The molecule has 1 amide bonds. The highest BCUT2D eigenvalue weighted by molar-refractivity contribution is 7.99. The molecule has 13 heteroatoms. The fourth-order valence-electron chi connectivity index (χ4n) is 2.08. The van der Waals surface area contributed by atoms with Gasteiger partial charge in [0.15, 0.2) is 10.3 Å². The molecule has 1 aromatic carbocycles. The number of imidazole rings is 1. The van der Waals surface area contributed by atoms with Crippen LogP contribution in [-0.4, -0.2) is 39.5 Å². The summed E-state index contributed by atoms with van der Waals surface area (Å²) in [5.41, 5.74) is -0.207. The summed E-state index contributed by atoms with van der Waals surface area (Å²) >= 11 is 2.04. The number of anilines is 1. The van der Waals surface area contributed by atoms with Gasteiger partial charge >= 0.3 is 0 Å². The first-order chi connectivity index (χ1) is 13.3. The number of nitrogens with one attached hydrogen (secondary N) is 1. The minimum absolute atomic E-state index is 0.0755. The maximum Gasteiger partial charge on any atom is 0.269 e. The number of aromatic nitrogens is 3. The Balaban J connectivity index is 1.67. The fraction of sp³-hybridized carbons (Fsp3) is 0.133. The van der Waals surface area contributed by atoms with E-state index in [1.165, 1.54) is 11.8 Å². The van der Waals surface area contributed by atoms with Crippen molar-refractivity contribution in [3.05, 3.63) is 53.0 Å². The third-order valence-corrected chi connectivity index (χ3v) is 7.66. The minimum Gasteiger partial charge on any atom is -0.329 e. The van der Waals surface area contributed by atoms with E-state index >= 15 is 0 Å². The number of hydrogen-bond acceptors (Lipinski definition) is 9. The molecule has 146 valence electrons. The zero-order valence-corrected chi connectivity index (χ0v) is 16.8. The van der Waals surface area contributed by atoms with Crippen LogP contribution >= 0.6 is 23.1 Å². The van der Waals surface area contributed by atoms with Crippen molar-refractivity contribution in [2.24, 2.45) is 7.05 Å². The number of rotatable bonds is 7. The molecule has 3 aromatic rings. The van der Waals surface area contributed by atoms with E-state index in [9.17, 15) is 23.3 Å². The Hall–Kier alpha value is -2.77. The summed E-state index contributed by atoms with van der Waals surface area (Å²) in [7, 11) is -2.08. The number of non-ortho nitro benzene ring substituents is 1. The van der Waals surface area contributed by atoms with E-state index in [-0.39, 0.29) is 31.6 Å².